The monoisotopic (exact) mass is 292 g/mol. The second-order valence-electron chi connectivity index (χ2n) is 4.91. The molecule has 0 bridgehead atoms. The normalized spacial score (nSPS) is 13.5. The Bertz CT molecular complexity index is 574. The molecule has 0 saturated carbocycles. The molecule has 1 rings (SSSR count). The van der Waals surface area contributed by atoms with Gasteiger partial charge in [-0.1, -0.05) is 31.2 Å². The van der Waals surface area contributed by atoms with Crippen molar-refractivity contribution in [1.82, 2.24) is 0 Å². The number of aliphatic hydroxyl groups is 1. The Labute approximate surface area is 124 Å². The Morgan fingerprint density at radius 3 is 2.62 bits per heavy atom. The molecule has 0 saturated heterocycles. The molecule has 0 radical (unpaired) electrons. The van der Waals surface area contributed by atoms with Crippen LogP contribution in [0.1, 0.15) is 31.9 Å². The van der Waals surface area contributed by atoms with Crippen molar-refractivity contribution in [3.8, 4) is 5.75 Å². The van der Waals surface area contributed by atoms with Gasteiger partial charge in [-0.2, -0.15) is 0 Å². The van der Waals surface area contributed by atoms with Crippen LogP contribution in [-0.4, -0.2) is 18.0 Å². The first kappa shape index (κ1) is 17.1. The third-order valence-electron chi connectivity index (χ3n) is 3.36. The van der Waals surface area contributed by atoms with Crippen LogP contribution >= 0.6 is 0 Å². The predicted molar refractivity (Wildman–Crippen MR) is 81.5 cm³/mol. The molecule has 0 heterocycles. The van der Waals surface area contributed by atoms with Crippen LogP contribution in [0.2, 0.25) is 0 Å². The first-order valence-corrected chi connectivity index (χ1v) is 6.74. The summed E-state index contributed by atoms with van der Waals surface area (Å²) in [6.45, 7) is 4.72. The summed E-state index contributed by atoms with van der Waals surface area (Å²) in [7, 11) is 1.47. The zero-order valence-electron chi connectivity index (χ0n) is 12.8. The Kier molecular flexibility index (Phi) is 6.31. The molecule has 0 aromatic heterocycles. The van der Waals surface area contributed by atoms with Crippen molar-refractivity contribution in [1.29, 1.82) is 0 Å². The lowest BCUT2D eigenvalue weighted by molar-refractivity contribution is -0.118. The van der Waals surface area contributed by atoms with Gasteiger partial charge in [0.25, 0.3) is 0 Å². The number of carbonyl (C=O) groups excluding carboxylic acids is 1. The first-order valence-electron chi connectivity index (χ1n) is 6.74. The zero-order chi connectivity index (χ0) is 16.0. The van der Waals surface area contributed by atoms with Crippen molar-refractivity contribution >= 4 is 11.4 Å². The van der Waals surface area contributed by atoms with E-state index in [1.54, 1.807) is 38.1 Å². The van der Waals surface area contributed by atoms with E-state index in [0.29, 0.717) is 16.9 Å². The lowest BCUT2D eigenvalue weighted by Gasteiger charge is -2.12. The summed E-state index contributed by atoms with van der Waals surface area (Å²) in [4.78, 5) is 11.1. The van der Waals surface area contributed by atoms with Gasteiger partial charge >= 0.3 is 0 Å². The Morgan fingerprint density at radius 1 is 1.43 bits per heavy atom. The van der Waals surface area contributed by atoms with Crippen LogP contribution in [0.15, 0.2) is 30.4 Å². The number of rotatable bonds is 6. The maximum atomic E-state index is 14.3. The second-order valence-corrected chi connectivity index (χ2v) is 4.91. The van der Waals surface area contributed by atoms with Gasteiger partial charge in [0.2, 0.25) is 0 Å². The summed E-state index contributed by atoms with van der Waals surface area (Å²) in [5.74, 6) is -0.182. The standard InChI is InChI=1S/C17H21FO3/c1-11(13(3)20)6-5-7-12(2)16-15(21-4)9-8-14(10-19)17(16)18/h5-9,11,19H,10H2,1-4H3/b6-5-,12-7+. The highest BCUT2D eigenvalue weighted by Gasteiger charge is 2.14. The van der Waals surface area contributed by atoms with Crippen LogP contribution in [0, 0.1) is 11.7 Å². The van der Waals surface area contributed by atoms with Crippen LogP contribution in [0.3, 0.4) is 0 Å². The van der Waals surface area contributed by atoms with Crippen LogP contribution in [0.5, 0.6) is 5.75 Å². The lowest BCUT2D eigenvalue weighted by atomic mass is 10.0. The average molecular weight is 292 g/mol. The Balaban J connectivity index is 3.16. The molecule has 1 unspecified atom stereocenters. The van der Waals surface area contributed by atoms with Gasteiger partial charge in [0.15, 0.2) is 0 Å². The molecular weight excluding hydrogens is 271 g/mol. The number of hydrogen-bond acceptors (Lipinski definition) is 3. The van der Waals surface area contributed by atoms with Crippen LogP contribution < -0.4 is 4.74 Å². The van der Waals surface area contributed by atoms with Crippen molar-refractivity contribution in [3.05, 3.63) is 47.3 Å². The van der Waals surface area contributed by atoms with E-state index in [-0.39, 0.29) is 23.9 Å². The largest absolute Gasteiger partial charge is 0.496 e. The molecule has 3 nitrogen and oxygen atoms in total. The van der Waals surface area contributed by atoms with Gasteiger partial charge in [0, 0.05) is 11.5 Å². The average Bonchev–Trinajstić information content (AvgIpc) is 2.46. The molecule has 1 N–H and O–H groups in total. The van der Waals surface area contributed by atoms with Crippen molar-refractivity contribution in [2.24, 2.45) is 5.92 Å². The number of benzene rings is 1. The molecule has 1 atom stereocenters. The van der Waals surface area contributed by atoms with Crippen molar-refractivity contribution < 1.29 is 19.0 Å². The van der Waals surface area contributed by atoms with E-state index in [9.17, 15) is 9.18 Å². The Hall–Kier alpha value is -1.94. The zero-order valence-corrected chi connectivity index (χ0v) is 12.8. The Morgan fingerprint density at radius 2 is 2.10 bits per heavy atom. The molecule has 0 aliphatic heterocycles. The molecule has 114 valence electrons. The highest BCUT2D eigenvalue weighted by molar-refractivity contribution is 5.79. The first-order chi connectivity index (χ1) is 9.92. The highest BCUT2D eigenvalue weighted by atomic mass is 19.1. The number of carbonyl (C=O) groups is 1. The summed E-state index contributed by atoms with van der Waals surface area (Å²) in [5.41, 5.74) is 1.20. The second kappa shape index (κ2) is 7.74. The third-order valence-corrected chi connectivity index (χ3v) is 3.36. The summed E-state index contributed by atoms with van der Waals surface area (Å²) in [6, 6.07) is 3.13. The van der Waals surface area contributed by atoms with Crippen LogP contribution in [-0.2, 0) is 11.4 Å². The van der Waals surface area contributed by atoms with Crippen molar-refractivity contribution in [2.75, 3.05) is 7.11 Å². The molecule has 1 aromatic carbocycles. The SMILES string of the molecule is COc1ccc(CO)c(F)c1/C(C)=C/C=C\C(C)C(C)=O. The van der Waals surface area contributed by atoms with Gasteiger partial charge in [0.1, 0.15) is 17.3 Å². The summed E-state index contributed by atoms with van der Waals surface area (Å²) in [6.07, 6.45) is 5.21. The van der Waals surface area contributed by atoms with E-state index in [4.69, 9.17) is 9.84 Å². The summed E-state index contributed by atoms with van der Waals surface area (Å²) in [5, 5.41) is 9.15. The quantitative estimate of drug-likeness (QED) is 0.816. The number of methoxy groups -OCH3 is 1. The molecule has 0 aliphatic rings. The van der Waals surface area contributed by atoms with Gasteiger partial charge in [-0.25, -0.2) is 4.39 Å². The highest BCUT2D eigenvalue weighted by Crippen LogP contribution is 2.30. The van der Waals surface area contributed by atoms with Crippen LogP contribution in [0.25, 0.3) is 5.57 Å². The topological polar surface area (TPSA) is 46.5 Å². The van der Waals surface area contributed by atoms with Crippen molar-refractivity contribution in [2.45, 2.75) is 27.4 Å². The number of Topliss-reactive ketones (excluding diaryl/α,β-unsaturated/α-hetero) is 1. The maximum absolute atomic E-state index is 14.3. The number of allylic oxidation sites excluding steroid dienone is 4. The van der Waals surface area contributed by atoms with Gasteiger partial charge in [-0.15, -0.1) is 0 Å². The summed E-state index contributed by atoms with van der Waals surface area (Å²) < 4.78 is 19.5. The van der Waals surface area contributed by atoms with Gasteiger partial charge < -0.3 is 9.84 Å². The predicted octanol–water partition coefficient (Wildman–Crippen LogP) is 3.51. The van der Waals surface area contributed by atoms with E-state index >= 15 is 0 Å². The minimum atomic E-state index is -0.487. The fraction of sp³-hybridized carbons (Fsp3) is 0.353. The molecule has 0 fully saturated rings. The number of ketones is 1. The molecule has 21 heavy (non-hydrogen) atoms. The minimum Gasteiger partial charge on any atom is -0.496 e. The molecule has 1 aromatic rings. The number of ether oxygens (including phenoxy) is 1. The maximum Gasteiger partial charge on any atom is 0.139 e. The fourth-order valence-electron chi connectivity index (χ4n) is 1.85. The molecule has 0 amide bonds. The van der Waals surface area contributed by atoms with Gasteiger partial charge in [-0.3, -0.25) is 4.79 Å². The fourth-order valence-corrected chi connectivity index (χ4v) is 1.85. The molecule has 0 aliphatic carbocycles. The van der Waals surface area contributed by atoms with E-state index in [0.717, 1.165) is 0 Å². The van der Waals surface area contributed by atoms with E-state index in [2.05, 4.69) is 0 Å². The molecular formula is C17H21FO3. The molecule has 4 heteroatoms. The van der Waals surface area contributed by atoms with Gasteiger partial charge in [0.05, 0.1) is 19.3 Å². The smallest absolute Gasteiger partial charge is 0.139 e. The number of aliphatic hydroxyl groups excluding tert-OH is 1. The number of halogens is 1. The van der Waals surface area contributed by atoms with Gasteiger partial charge in [-0.05, 0) is 25.5 Å². The van der Waals surface area contributed by atoms with E-state index in [1.807, 2.05) is 0 Å². The van der Waals surface area contributed by atoms with Crippen molar-refractivity contribution in [3.63, 3.8) is 0 Å². The number of hydrogen-bond donors (Lipinski definition) is 1. The summed E-state index contributed by atoms with van der Waals surface area (Å²) >= 11 is 0. The lowest BCUT2D eigenvalue weighted by Crippen LogP contribution is -2.01. The minimum absolute atomic E-state index is 0.0725. The van der Waals surface area contributed by atoms with Crippen LogP contribution in [0.4, 0.5) is 4.39 Å². The van der Waals surface area contributed by atoms with E-state index in [1.165, 1.54) is 20.1 Å². The molecule has 0 spiro atoms. The van der Waals surface area contributed by atoms with E-state index < -0.39 is 5.82 Å². The third kappa shape index (κ3) is 4.26.